The Kier molecular flexibility index (Phi) is 28.6. The molecule has 0 aromatic heterocycles. The van der Waals surface area contributed by atoms with Crippen LogP contribution in [0.4, 0.5) is 0 Å². The second-order valence-corrected chi connectivity index (χ2v) is 13.0. The van der Waals surface area contributed by atoms with Crippen LogP contribution in [-0.2, 0) is 19.1 Å². The fourth-order valence-electron chi connectivity index (χ4n) is 5.04. The minimum Gasteiger partial charge on any atom is -0.463 e. The van der Waals surface area contributed by atoms with E-state index >= 15 is 0 Å². The molecule has 0 heterocycles. The zero-order valence-corrected chi connectivity index (χ0v) is 27.2. The molecule has 0 aromatic carbocycles. The van der Waals surface area contributed by atoms with E-state index in [0.29, 0.717) is 12.8 Å². The lowest BCUT2D eigenvalue weighted by Gasteiger charge is -2.12. The van der Waals surface area contributed by atoms with Gasteiger partial charge in [-0.05, 0) is 24.7 Å². The number of aliphatic hydroxyl groups excluding tert-OH is 1. The normalized spacial score (nSPS) is 12.3. The van der Waals surface area contributed by atoms with Gasteiger partial charge in [-0.15, -0.1) is 0 Å². The van der Waals surface area contributed by atoms with Gasteiger partial charge in [0.05, 0.1) is 0 Å². The van der Waals surface area contributed by atoms with Crippen molar-refractivity contribution in [3.8, 4) is 0 Å². The molecule has 1 atom stereocenters. The van der Waals surface area contributed by atoms with Crippen molar-refractivity contribution in [1.82, 2.24) is 0 Å². The highest BCUT2D eigenvalue weighted by atomic mass is 16.6. The number of rotatable bonds is 30. The fourth-order valence-corrected chi connectivity index (χ4v) is 5.04. The van der Waals surface area contributed by atoms with E-state index in [0.717, 1.165) is 43.9 Å². The Labute approximate surface area is 248 Å². The van der Waals surface area contributed by atoms with Gasteiger partial charge < -0.3 is 14.6 Å². The van der Waals surface area contributed by atoms with Crippen molar-refractivity contribution in [2.45, 2.75) is 188 Å². The Morgan fingerprint density at radius 1 is 0.450 bits per heavy atom. The highest BCUT2D eigenvalue weighted by molar-refractivity contribution is 5.69. The summed E-state index contributed by atoms with van der Waals surface area (Å²) in [5.41, 5.74) is 0. The minimum atomic E-state index is -0.955. The van der Waals surface area contributed by atoms with Gasteiger partial charge in [0, 0.05) is 12.8 Å². The van der Waals surface area contributed by atoms with Crippen LogP contribution in [-0.4, -0.2) is 36.4 Å². The van der Waals surface area contributed by atoms with Crippen molar-refractivity contribution in [2.75, 3.05) is 13.2 Å². The lowest BCUT2D eigenvalue weighted by Crippen LogP contribution is -2.25. The molecule has 0 aliphatic carbocycles. The molecule has 0 saturated heterocycles. The minimum absolute atomic E-state index is 0.110. The molecule has 5 nitrogen and oxygen atoms in total. The average Bonchev–Trinajstić information content (AvgIpc) is 2.91. The van der Waals surface area contributed by atoms with Crippen molar-refractivity contribution >= 4 is 11.9 Å². The first-order chi connectivity index (χ1) is 19.3. The second kappa shape index (κ2) is 29.4. The predicted molar refractivity (Wildman–Crippen MR) is 168 cm³/mol. The van der Waals surface area contributed by atoms with E-state index in [-0.39, 0.29) is 25.2 Å². The van der Waals surface area contributed by atoms with Gasteiger partial charge in [0.1, 0.15) is 19.3 Å². The zero-order chi connectivity index (χ0) is 29.7. The zero-order valence-electron chi connectivity index (χ0n) is 27.2. The summed E-state index contributed by atoms with van der Waals surface area (Å²) in [4.78, 5) is 23.8. The Morgan fingerprint density at radius 3 is 0.975 bits per heavy atom. The summed E-state index contributed by atoms with van der Waals surface area (Å²) >= 11 is 0. The molecule has 0 aromatic rings. The number of ether oxygens (including phenoxy) is 2. The first-order valence-electron chi connectivity index (χ1n) is 17.3. The highest BCUT2D eigenvalue weighted by Crippen LogP contribution is 2.15. The molecule has 1 N–H and O–H groups in total. The Balaban J connectivity index is 3.41. The van der Waals surface area contributed by atoms with Crippen LogP contribution in [0.5, 0.6) is 0 Å². The van der Waals surface area contributed by atoms with Gasteiger partial charge in [0.15, 0.2) is 0 Å². The number of carbonyl (C=O) groups is 2. The van der Waals surface area contributed by atoms with Crippen LogP contribution in [0.3, 0.4) is 0 Å². The Bertz CT molecular complexity index is 560. The molecule has 40 heavy (non-hydrogen) atoms. The van der Waals surface area contributed by atoms with Crippen LogP contribution in [0.2, 0.25) is 0 Å². The third-order valence-corrected chi connectivity index (χ3v) is 7.70. The molecule has 0 aliphatic heterocycles. The van der Waals surface area contributed by atoms with Gasteiger partial charge in [-0.25, -0.2) is 0 Å². The fraction of sp³-hybridized carbons (Fsp3) is 0.943. The van der Waals surface area contributed by atoms with Crippen molar-refractivity contribution in [3.05, 3.63) is 0 Å². The standard InChI is InChI=1S/C35H68O5/c1-31(2)25-21-17-13-9-7-5-6-8-10-15-19-23-27-34(37)39-29-33(36)30-40-35(38)28-24-20-16-12-11-14-18-22-26-32(3)4/h31-33,36H,5-30H2,1-4H3/t33-/m1/s1. The third kappa shape index (κ3) is 31.4. The van der Waals surface area contributed by atoms with Crippen LogP contribution < -0.4 is 0 Å². The lowest BCUT2D eigenvalue weighted by atomic mass is 10.0. The summed E-state index contributed by atoms with van der Waals surface area (Å²) < 4.78 is 10.3. The number of hydrogen-bond donors (Lipinski definition) is 1. The quantitative estimate of drug-likeness (QED) is 0.0689. The largest absolute Gasteiger partial charge is 0.463 e. The van der Waals surface area contributed by atoms with E-state index < -0.39 is 6.10 Å². The summed E-state index contributed by atoms with van der Waals surface area (Å²) in [6.45, 7) is 8.95. The van der Waals surface area contributed by atoms with Gasteiger partial charge in [0.25, 0.3) is 0 Å². The Morgan fingerprint density at radius 2 is 0.700 bits per heavy atom. The monoisotopic (exact) mass is 569 g/mol. The molecule has 0 unspecified atom stereocenters. The molecule has 0 fully saturated rings. The predicted octanol–water partition coefficient (Wildman–Crippen LogP) is 10.1. The number of unbranched alkanes of at least 4 members (excludes halogenated alkanes) is 18. The van der Waals surface area contributed by atoms with Gasteiger partial charge in [0.2, 0.25) is 0 Å². The van der Waals surface area contributed by atoms with Crippen LogP contribution in [0.1, 0.15) is 182 Å². The first-order valence-corrected chi connectivity index (χ1v) is 17.3. The van der Waals surface area contributed by atoms with Gasteiger partial charge >= 0.3 is 11.9 Å². The lowest BCUT2D eigenvalue weighted by molar-refractivity contribution is -0.152. The Hall–Kier alpha value is -1.10. The summed E-state index contributed by atoms with van der Waals surface area (Å²) in [7, 11) is 0. The molecule has 0 bridgehead atoms. The van der Waals surface area contributed by atoms with E-state index in [4.69, 9.17) is 9.47 Å². The molecule has 0 saturated carbocycles. The van der Waals surface area contributed by atoms with Crippen LogP contribution in [0.15, 0.2) is 0 Å². The summed E-state index contributed by atoms with van der Waals surface area (Å²) in [6.07, 6.45) is 27.3. The van der Waals surface area contributed by atoms with Crippen molar-refractivity contribution in [1.29, 1.82) is 0 Å². The topological polar surface area (TPSA) is 72.8 Å². The molecule has 0 aliphatic rings. The summed E-state index contributed by atoms with van der Waals surface area (Å²) in [5, 5.41) is 9.96. The maximum Gasteiger partial charge on any atom is 0.305 e. The van der Waals surface area contributed by atoms with E-state index in [1.54, 1.807) is 0 Å². The van der Waals surface area contributed by atoms with E-state index in [1.807, 2.05) is 0 Å². The first kappa shape index (κ1) is 38.9. The second-order valence-electron chi connectivity index (χ2n) is 13.0. The number of esters is 2. The van der Waals surface area contributed by atoms with E-state index in [1.165, 1.54) is 109 Å². The molecule has 238 valence electrons. The smallest absolute Gasteiger partial charge is 0.305 e. The van der Waals surface area contributed by atoms with Crippen molar-refractivity contribution < 1.29 is 24.2 Å². The number of hydrogen-bond acceptors (Lipinski definition) is 5. The highest BCUT2D eigenvalue weighted by Gasteiger charge is 2.12. The van der Waals surface area contributed by atoms with Crippen molar-refractivity contribution in [3.63, 3.8) is 0 Å². The molecular weight excluding hydrogens is 500 g/mol. The third-order valence-electron chi connectivity index (χ3n) is 7.70. The SMILES string of the molecule is CC(C)CCCCCCCCCCCCCCC(=O)OC[C@@H](O)COC(=O)CCCCCCCCCCC(C)C. The molecule has 0 rings (SSSR count). The molecule has 0 spiro atoms. The van der Waals surface area contributed by atoms with E-state index in [9.17, 15) is 14.7 Å². The maximum absolute atomic E-state index is 11.9. The van der Waals surface area contributed by atoms with E-state index in [2.05, 4.69) is 27.7 Å². The molecule has 0 radical (unpaired) electrons. The summed E-state index contributed by atoms with van der Waals surface area (Å²) in [5.74, 6) is 1.09. The van der Waals surface area contributed by atoms with Crippen LogP contribution >= 0.6 is 0 Å². The number of carbonyl (C=O) groups excluding carboxylic acids is 2. The average molecular weight is 569 g/mol. The van der Waals surface area contributed by atoms with Crippen LogP contribution in [0.25, 0.3) is 0 Å². The van der Waals surface area contributed by atoms with Gasteiger partial charge in [-0.1, -0.05) is 156 Å². The molecule has 0 amide bonds. The molecule has 5 heteroatoms. The van der Waals surface area contributed by atoms with Gasteiger partial charge in [-0.2, -0.15) is 0 Å². The van der Waals surface area contributed by atoms with Crippen LogP contribution in [0, 0.1) is 11.8 Å². The van der Waals surface area contributed by atoms with Gasteiger partial charge in [-0.3, -0.25) is 9.59 Å². The maximum atomic E-state index is 11.9. The van der Waals surface area contributed by atoms with Crippen molar-refractivity contribution in [2.24, 2.45) is 11.8 Å². The molecular formula is C35H68O5. The summed E-state index contributed by atoms with van der Waals surface area (Å²) in [6, 6.07) is 0. The number of aliphatic hydroxyl groups is 1.